The maximum atomic E-state index is 5.04. The fraction of sp³-hybridized carbons (Fsp3) is 0. The number of H-pyrrole nitrogens is 1. The van der Waals surface area contributed by atoms with Gasteiger partial charge < -0.3 is 9.82 Å². The summed E-state index contributed by atoms with van der Waals surface area (Å²) in [7, 11) is 0. The van der Waals surface area contributed by atoms with E-state index < -0.39 is 0 Å². The number of aromatic amines is 1. The van der Waals surface area contributed by atoms with Gasteiger partial charge in [-0.05, 0) is 12.1 Å². The summed E-state index contributed by atoms with van der Waals surface area (Å²) in [5.74, 6) is 5.72. The number of nitrogens with one attached hydrogen (secondary N) is 1. The second kappa shape index (κ2) is 2.29. The number of benzene rings is 1. The summed E-state index contributed by atoms with van der Waals surface area (Å²) in [5.41, 5.74) is 1.04. The molecule has 1 heterocycles. The summed E-state index contributed by atoms with van der Waals surface area (Å²) in [5, 5.41) is 1.01. The van der Waals surface area contributed by atoms with Gasteiger partial charge in [0.25, 0.3) is 0 Å². The molecule has 0 unspecified atom stereocenters. The molecule has 0 fully saturated rings. The first-order valence-corrected chi connectivity index (χ1v) is 3.34. The van der Waals surface area contributed by atoms with Gasteiger partial charge in [0.05, 0.1) is 0 Å². The van der Waals surface area contributed by atoms with Gasteiger partial charge in [-0.1, -0.05) is 12.1 Å². The number of hydrogen-bond donors (Lipinski definition) is 2. The molecule has 56 valence electrons. The van der Waals surface area contributed by atoms with Crippen molar-refractivity contribution in [3.05, 3.63) is 30.5 Å². The lowest BCUT2D eigenvalue weighted by atomic mass is 10.2. The van der Waals surface area contributed by atoms with Crippen molar-refractivity contribution in [2.24, 2.45) is 5.90 Å². The Labute approximate surface area is 63.7 Å². The first kappa shape index (κ1) is 6.24. The summed E-state index contributed by atoms with van der Waals surface area (Å²) in [6, 6.07) is 7.82. The van der Waals surface area contributed by atoms with Crippen LogP contribution in [0.3, 0.4) is 0 Å². The second-order valence-corrected chi connectivity index (χ2v) is 2.32. The van der Waals surface area contributed by atoms with Gasteiger partial charge in [-0.25, -0.2) is 0 Å². The zero-order valence-electron chi connectivity index (χ0n) is 5.87. The molecule has 0 aliphatic heterocycles. The minimum atomic E-state index is 0.681. The highest BCUT2D eigenvalue weighted by Crippen LogP contribution is 2.23. The molecule has 0 aliphatic carbocycles. The predicted molar refractivity (Wildman–Crippen MR) is 43.1 cm³/mol. The van der Waals surface area contributed by atoms with Crippen LogP contribution in [0.15, 0.2) is 30.5 Å². The molecular weight excluding hydrogens is 140 g/mol. The number of hydrogen-bond acceptors (Lipinski definition) is 2. The maximum Gasteiger partial charge on any atom is 0.172 e. The van der Waals surface area contributed by atoms with E-state index in [1.54, 1.807) is 6.20 Å². The van der Waals surface area contributed by atoms with Crippen LogP contribution in [0.2, 0.25) is 0 Å². The molecule has 0 saturated heterocycles. The van der Waals surface area contributed by atoms with E-state index in [-0.39, 0.29) is 0 Å². The van der Waals surface area contributed by atoms with Gasteiger partial charge in [-0.15, -0.1) is 0 Å². The quantitative estimate of drug-likeness (QED) is 0.601. The standard InChI is InChI=1S/C8H8N2O/c9-11-8-5-10-7-4-2-1-3-6(7)8/h1-5,10H,9H2. The van der Waals surface area contributed by atoms with Crippen molar-refractivity contribution >= 4 is 10.9 Å². The number of nitrogens with two attached hydrogens (primary N) is 1. The van der Waals surface area contributed by atoms with E-state index in [1.807, 2.05) is 24.3 Å². The largest absolute Gasteiger partial charge is 0.409 e. The van der Waals surface area contributed by atoms with Gasteiger partial charge in [0.1, 0.15) is 0 Å². The molecule has 2 rings (SSSR count). The van der Waals surface area contributed by atoms with Crippen LogP contribution in [0.1, 0.15) is 0 Å². The normalized spacial score (nSPS) is 10.3. The van der Waals surface area contributed by atoms with Crippen molar-refractivity contribution < 1.29 is 4.84 Å². The highest BCUT2D eigenvalue weighted by Gasteiger charge is 2.00. The Balaban J connectivity index is 2.76. The second-order valence-electron chi connectivity index (χ2n) is 2.32. The van der Waals surface area contributed by atoms with Crippen LogP contribution in [0, 0.1) is 0 Å². The Morgan fingerprint density at radius 3 is 2.91 bits per heavy atom. The lowest BCUT2D eigenvalue weighted by Gasteiger charge is -1.92. The number of aromatic nitrogens is 1. The van der Waals surface area contributed by atoms with E-state index in [9.17, 15) is 0 Å². The van der Waals surface area contributed by atoms with Crippen molar-refractivity contribution in [2.45, 2.75) is 0 Å². The monoisotopic (exact) mass is 148 g/mol. The third-order valence-corrected chi connectivity index (χ3v) is 1.68. The van der Waals surface area contributed by atoms with E-state index in [4.69, 9.17) is 5.90 Å². The predicted octanol–water partition coefficient (Wildman–Crippen LogP) is 1.42. The molecule has 0 radical (unpaired) electrons. The molecule has 0 bridgehead atoms. The molecule has 0 saturated carbocycles. The molecule has 3 heteroatoms. The van der Waals surface area contributed by atoms with Gasteiger partial charge in [-0.2, -0.15) is 5.90 Å². The summed E-state index contributed by atoms with van der Waals surface area (Å²) < 4.78 is 0. The van der Waals surface area contributed by atoms with E-state index in [0.717, 1.165) is 10.9 Å². The average Bonchev–Trinajstić information content (AvgIpc) is 2.47. The van der Waals surface area contributed by atoms with Gasteiger partial charge >= 0.3 is 0 Å². The maximum absolute atomic E-state index is 5.04. The molecule has 11 heavy (non-hydrogen) atoms. The minimum absolute atomic E-state index is 0.681. The molecule has 3 N–H and O–H groups in total. The summed E-state index contributed by atoms with van der Waals surface area (Å²) in [6.07, 6.45) is 1.74. The Kier molecular flexibility index (Phi) is 1.30. The third-order valence-electron chi connectivity index (χ3n) is 1.68. The van der Waals surface area contributed by atoms with Crippen molar-refractivity contribution in [2.75, 3.05) is 0 Å². The Bertz CT molecular complexity index is 367. The van der Waals surface area contributed by atoms with Crippen LogP contribution < -0.4 is 10.7 Å². The van der Waals surface area contributed by atoms with Crippen molar-refractivity contribution in [1.82, 2.24) is 4.98 Å². The zero-order chi connectivity index (χ0) is 7.68. The molecule has 2 aromatic rings. The van der Waals surface area contributed by atoms with Crippen LogP contribution in [-0.4, -0.2) is 4.98 Å². The van der Waals surface area contributed by atoms with Crippen molar-refractivity contribution in [3.63, 3.8) is 0 Å². The Morgan fingerprint density at radius 1 is 1.27 bits per heavy atom. The van der Waals surface area contributed by atoms with Crippen LogP contribution in [0.5, 0.6) is 5.75 Å². The van der Waals surface area contributed by atoms with E-state index in [2.05, 4.69) is 9.82 Å². The van der Waals surface area contributed by atoms with Crippen molar-refractivity contribution in [1.29, 1.82) is 0 Å². The fourth-order valence-corrected chi connectivity index (χ4v) is 1.14. The molecule has 3 nitrogen and oxygen atoms in total. The Morgan fingerprint density at radius 2 is 2.09 bits per heavy atom. The minimum Gasteiger partial charge on any atom is -0.409 e. The number of rotatable bonds is 1. The van der Waals surface area contributed by atoms with Gasteiger partial charge in [-0.3, -0.25) is 0 Å². The number of para-hydroxylation sites is 1. The smallest absolute Gasteiger partial charge is 0.172 e. The molecule has 0 spiro atoms. The fourth-order valence-electron chi connectivity index (χ4n) is 1.14. The van der Waals surface area contributed by atoms with E-state index in [1.165, 1.54) is 0 Å². The molecule has 1 aromatic carbocycles. The third kappa shape index (κ3) is 0.860. The molecule has 0 amide bonds. The van der Waals surface area contributed by atoms with Crippen molar-refractivity contribution in [3.8, 4) is 5.75 Å². The van der Waals surface area contributed by atoms with E-state index >= 15 is 0 Å². The van der Waals surface area contributed by atoms with Gasteiger partial charge in [0, 0.05) is 17.1 Å². The van der Waals surface area contributed by atoms with Gasteiger partial charge in [0.15, 0.2) is 5.75 Å². The van der Waals surface area contributed by atoms with Crippen LogP contribution >= 0.6 is 0 Å². The summed E-state index contributed by atoms with van der Waals surface area (Å²) in [4.78, 5) is 7.67. The average molecular weight is 148 g/mol. The van der Waals surface area contributed by atoms with Crippen LogP contribution in [0.4, 0.5) is 0 Å². The first-order valence-electron chi connectivity index (χ1n) is 3.34. The molecule has 1 aromatic heterocycles. The van der Waals surface area contributed by atoms with Crippen LogP contribution in [-0.2, 0) is 0 Å². The molecule has 0 aliphatic rings. The lowest BCUT2D eigenvalue weighted by molar-refractivity contribution is 0.338. The van der Waals surface area contributed by atoms with E-state index in [0.29, 0.717) is 5.75 Å². The highest BCUT2D eigenvalue weighted by atomic mass is 16.6. The lowest BCUT2D eigenvalue weighted by Crippen LogP contribution is -2.00. The molecule has 0 atom stereocenters. The molecular formula is C8H8N2O. The summed E-state index contributed by atoms with van der Waals surface area (Å²) >= 11 is 0. The van der Waals surface area contributed by atoms with Gasteiger partial charge in [0.2, 0.25) is 0 Å². The first-order chi connectivity index (χ1) is 5.42. The highest BCUT2D eigenvalue weighted by molar-refractivity contribution is 5.85. The van der Waals surface area contributed by atoms with Crippen LogP contribution in [0.25, 0.3) is 10.9 Å². The summed E-state index contributed by atoms with van der Waals surface area (Å²) in [6.45, 7) is 0. The SMILES string of the molecule is NOc1c[nH]c2ccccc12. The number of fused-ring (bicyclic) bond motifs is 1. The Hall–Kier alpha value is -1.48. The topological polar surface area (TPSA) is 51.0 Å². The zero-order valence-corrected chi connectivity index (χ0v) is 5.87.